The zero-order chi connectivity index (χ0) is 13.0. The maximum absolute atomic E-state index is 11.9. The Morgan fingerprint density at radius 2 is 2.06 bits per heavy atom. The zero-order valence-electron chi connectivity index (χ0n) is 9.84. The molecule has 0 bridgehead atoms. The van der Waals surface area contributed by atoms with E-state index in [1.54, 1.807) is 18.2 Å². The second kappa shape index (κ2) is 6.24. The normalized spacial score (nSPS) is 12.6. The van der Waals surface area contributed by atoms with E-state index in [0.29, 0.717) is 22.3 Å². The summed E-state index contributed by atoms with van der Waals surface area (Å²) in [5.41, 5.74) is 6.13. The number of anilines is 1. The number of benzene rings is 1. The van der Waals surface area contributed by atoms with Crippen molar-refractivity contribution in [3.8, 4) is 0 Å². The van der Waals surface area contributed by atoms with E-state index in [1.807, 2.05) is 13.8 Å². The number of hydrogen-bond donors (Lipinski definition) is 2. The van der Waals surface area contributed by atoms with E-state index in [-0.39, 0.29) is 17.7 Å². The van der Waals surface area contributed by atoms with E-state index in [2.05, 4.69) is 5.32 Å². The Morgan fingerprint density at radius 3 is 2.53 bits per heavy atom. The summed E-state index contributed by atoms with van der Waals surface area (Å²) in [5, 5.41) is 3.72. The van der Waals surface area contributed by atoms with E-state index in [4.69, 9.17) is 28.9 Å². The smallest absolute Gasteiger partial charge is 0.229 e. The predicted octanol–water partition coefficient (Wildman–Crippen LogP) is 3.16. The first-order chi connectivity index (χ1) is 7.95. The molecule has 3 nitrogen and oxygen atoms in total. The van der Waals surface area contributed by atoms with Gasteiger partial charge < -0.3 is 11.1 Å². The Kier molecular flexibility index (Phi) is 5.25. The molecule has 0 saturated carbocycles. The maximum atomic E-state index is 11.9. The van der Waals surface area contributed by atoms with E-state index in [1.165, 1.54) is 0 Å². The third-order valence-corrected chi connectivity index (χ3v) is 3.13. The van der Waals surface area contributed by atoms with Gasteiger partial charge in [0.15, 0.2) is 0 Å². The monoisotopic (exact) mass is 274 g/mol. The highest BCUT2D eigenvalue weighted by molar-refractivity contribution is 6.36. The maximum Gasteiger partial charge on any atom is 0.229 e. The van der Waals surface area contributed by atoms with Crippen LogP contribution in [0.15, 0.2) is 18.2 Å². The largest absolute Gasteiger partial charge is 0.330 e. The molecule has 1 aromatic rings. The molecule has 1 amide bonds. The molecule has 17 heavy (non-hydrogen) atoms. The second-order valence-electron chi connectivity index (χ2n) is 4.20. The van der Waals surface area contributed by atoms with Gasteiger partial charge in [0.05, 0.1) is 16.6 Å². The highest BCUT2D eigenvalue weighted by Crippen LogP contribution is 2.26. The Bertz CT molecular complexity index is 407. The topological polar surface area (TPSA) is 55.1 Å². The molecule has 94 valence electrons. The lowest BCUT2D eigenvalue weighted by atomic mass is 9.95. The molecule has 0 aliphatic rings. The fraction of sp³-hybridized carbons (Fsp3) is 0.417. The quantitative estimate of drug-likeness (QED) is 0.886. The van der Waals surface area contributed by atoms with Crippen molar-refractivity contribution in [1.29, 1.82) is 0 Å². The van der Waals surface area contributed by atoms with Gasteiger partial charge in [-0.2, -0.15) is 0 Å². The van der Waals surface area contributed by atoms with Crippen LogP contribution in [-0.4, -0.2) is 12.5 Å². The molecule has 0 aliphatic carbocycles. The van der Waals surface area contributed by atoms with Crippen LogP contribution in [0.3, 0.4) is 0 Å². The molecule has 0 aromatic heterocycles. The minimum atomic E-state index is -0.221. The van der Waals surface area contributed by atoms with Crippen molar-refractivity contribution < 1.29 is 4.79 Å². The molecular formula is C12H16Cl2N2O. The highest BCUT2D eigenvalue weighted by atomic mass is 35.5. The average molecular weight is 275 g/mol. The van der Waals surface area contributed by atoms with Gasteiger partial charge in [-0.1, -0.05) is 37.0 Å². The Labute approximate surface area is 111 Å². The molecule has 3 N–H and O–H groups in total. The lowest BCUT2D eigenvalue weighted by Crippen LogP contribution is -2.33. The molecule has 1 unspecified atom stereocenters. The van der Waals surface area contributed by atoms with Crippen molar-refractivity contribution in [2.24, 2.45) is 17.6 Å². The van der Waals surface area contributed by atoms with Gasteiger partial charge in [-0.15, -0.1) is 0 Å². The Hall–Kier alpha value is -0.770. The number of hydrogen-bond acceptors (Lipinski definition) is 2. The Balaban J connectivity index is 2.80. The molecule has 0 saturated heterocycles. The summed E-state index contributed by atoms with van der Waals surface area (Å²) in [6.07, 6.45) is 0. The highest BCUT2D eigenvalue weighted by Gasteiger charge is 2.21. The number of nitrogens with one attached hydrogen (secondary N) is 1. The summed E-state index contributed by atoms with van der Waals surface area (Å²) in [6.45, 7) is 4.23. The number of carbonyl (C=O) groups is 1. The fourth-order valence-corrected chi connectivity index (χ4v) is 1.95. The Morgan fingerprint density at radius 1 is 1.41 bits per heavy atom. The van der Waals surface area contributed by atoms with Crippen LogP contribution in [0.1, 0.15) is 13.8 Å². The van der Waals surface area contributed by atoms with E-state index in [0.717, 1.165) is 0 Å². The van der Waals surface area contributed by atoms with Crippen LogP contribution >= 0.6 is 23.2 Å². The van der Waals surface area contributed by atoms with E-state index in [9.17, 15) is 4.79 Å². The number of rotatable bonds is 4. The number of nitrogens with two attached hydrogens (primary N) is 1. The molecule has 0 spiro atoms. The first-order valence-corrected chi connectivity index (χ1v) is 6.17. The SMILES string of the molecule is CC(C)C(CN)C(=O)Nc1ccc(Cl)cc1Cl. The molecule has 1 aromatic carbocycles. The van der Waals surface area contributed by atoms with Gasteiger partial charge in [-0.3, -0.25) is 4.79 Å². The van der Waals surface area contributed by atoms with Crippen molar-refractivity contribution in [3.63, 3.8) is 0 Å². The molecule has 0 aliphatic heterocycles. The third-order valence-electron chi connectivity index (χ3n) is 2.58. The molecule has 0 fully saturated rings. The first kappa shape index (κ1) is 14.3. The van der Waals surface area contributed by atoms with Gasteiger partial charge in [-0.25, -0.2) is 0 Å². The number of carbonyl (C=O) groups excluding carboxylic acids is 1. The van der Waals surface area contributed by atoms with Crippen molar-refractivity contribution in [2.75, 3.05) is 11.9 Å². The van der Waals surface area contributed by atoms with Crippen molar-refractivity contribution in [3.05, 3.63) is 28.2 Å². The van der Waals surface area contributed by atoms with Crippen LogP contribution in [0.2, 0.25) is 10.0 Å². The average Bonchev–Trinajstić information content (AvgIpc) is 2.22. The summed E-state index contributed by atoms with van der Waals surface area (Å²) in [5.74, 6) is -0.153. The van der Waals surface area contributed by atoms with Crippen LogP contribution in [0, 0.1) is 11.8 Å². The summed E-state index contributed by atoms with van der Waals surface area (Å²) >= 11 is 11.7. The molecular weight excluding hydrogens is 259 g/mol. The van der Waals surface area contributed by atoms with Gasteiger partial charge in [0.1, 0.15) is 0 Å². The standard InChI is InChI=1S/C12H16Cl2N2O/c1-7(2)9(6-15)12(17)16-11-4-3-8(13)5-10(11)14/h3-5,7,9H,6,15H2,1-2H3,(H,16,17). The van der Waals surface area contributed by atoms with Gasteiger partial charge in [0.2, 0.25) is 5.91 Å². The molecule has 0 radical (unpaired) electrons. The van der Waals surface area contributed by atoms with Gasteiger partial charge >= 0.3 is 0 Å². The summed E-state index contributed by atoms with van der Waals surface area (Å²) in [6, 6.07) is 4.94. The lowest BCUT2D eigenvalue weighted by Gasteiger charge is -2.18. The second-order valence-corrected chi connectivity index (χ2v) is 5.04. The van der Waals surface area contributed by atoms with Crippen molar-refractivity contribution in [2.45, 2.75) is 13.8 Å². The van der Waals surface area contributed by atoms with Crippen LogP contribution in [-0.2, 0) is 4.79 Å². The third kappa shape index (κ3) is 3.87. The minimum absolute atomic E-state index is 0.119. The van der Waals surface area contributed by atoms with Crippen LogP contribution < -0.4 is 11.1 Å². The predicted molar refractivity (Wildman–Crippen MR) is 72.5 cm³/mol. The van der Waals surface area contributed by atoms with Crippen molar-refractivity contribution in [1.82, 2.24) is 0 Å². The lowest BCUT2D eigenvalue weighted by molar-refractivity contribution is -0.120. The minimum Gasteiger partial charge on any atom is -0.330 e. The van der Waals surface area contributed by atoms with E-state index < -0.39 is 0 Å². The summed E-state index contributed by atoms with van der Waals surface area (Å²) in [7, 11) is 0. The van der Waals surface area contributed by atoms with Crippen LogP contribution in [0.4, 0.5) is 5.69 Å². The van der Waals surface area contributed by atoms with Gasteiger partial charge in [0, 0.05) is 11.6 Å². The van der Waals surface area contributed by atoms with Gasteiger partial charge in [-0.05, 0) is 24.1 Å². The molecule has 1 rings (SSSR count). The van der Waals surface area contributed by atoms with E-state index >= 15 is 0 Å². The molecule has 0 heterocycles. The van der Waals surface area contributed by atoms with Crippen molar-refractivity contribution >= 4 is 34.8 Å². The summed E-state index contributed by atoms with van der Waals surface area (Å²) < 4.78 is 0. The number of amides is 1. The number of halogens is 2. The van der Waals surface area contributed by atoms with Gasteiger partial charge in [0.25, 0.3) is 0 Å². The fourth-order valence-electron chi connectivity index (χ4n) is 1.50. The zero-order valence-corrected chi connectivity index (χ0v) is 11.3. The van der Waals surface area contributed by atoms with Crippen LogP contribution in [0.5, 0.6) is 0 Å². The first-order valence-electron chi connectivity index (χ1n) is 5.41. The molecule has 5 heteroatoms. The summed E-state index contributed by atoms with van der Waals surface area (Å²) in [4.78, 5) is 11.9. The molecule has 1 atom stereocenters. The van der Waals surface area contributed by atoms with Crippen LogP contribution in [0.25, 0.3) is 0 Å².